The average Bonchev–Trinajstić information content (AvgIpc) is 3.05. The van der Waals surface area contributed by atoms with E-state index in [1.807, 2.05) is 43.4 Å². The van der Waals surface area contributed by atoms with Crippen molar-refractivity contribution in [3.8, 4) is 0 Å². The first-order chi connectivity index (χ1) is 13.1. The highest BCUT2D eigenvalue weighted by Crippen LogP contribution is 2.12. The molecule has 4 heterocycles. The third-order valence-corrected chi connectivity index (χ3v) is 4.72. The molecule has 0 unspecified atom stereocenters. The van der Waals surface area contributed by atoms with E-state index in [2.05, 4.69) is 35.3 Å². The van der Waals surface area contributed by atoms with Crippen molar-refractivity contribution in [2.24, 2.45) is 0 Å². The normalized spacial score (nSPS) is 16.1. The second-order valence-corrected chi connectivity index (χ2v) is 7.05. The summed E-state index contributed by atoms with van der Waals surface area (Å²) in [4.78, 5) is 24.2. The number of piperazine rings is 1. The minimum atomic E-state index is 0.272. The standard InChI is InChI=1S/C18H25N9/c1-24(2)18-22-15(21-17(19)23-18)13-26-9-7-25(8-10-26)11-14-12-27-6-4-3-5-16(27)20-14/h3-6,12H,7-11,13H2,1-2H3,(H2,19,21,22,23). The summed E-state index contributed by atoms with van der Waals surface area (Å²) in [5, 5.41) is 0. The summed E-state index contributed by atoms with van der Waals surface area (Å²) in [6.45, 7) is 5.49. The number of pyridine rings is 1. The molecule has 142 valence electrons. The molecule has 2 N–H and O–H groups in total. The van der Waals surface area contributed by atoms with Crippen LogP contribution in [-0.4, -0.2) is 74.4 Å². The fraction of sp³-hybridized carbons (Fsp3) is 0.444. The summed E-state index contributed by atoms with van der Waals surface area (Å²) in [7, 11) is 3.80. The van der Waals surface area contributed by atoms with E-state index in [0.717, 1.165) is 49.9 Å². The van der Waals surface area contributed by atoms with Crippen molar-refractivity contribution < 1.29 is 0 Å². The number of hydrogen-bond donors (Lipinski definition) is 1. The first-order valence-electron chi connectivity index (χ1n) is 9.12. The van der Waals surface area contributed by atoms with Crippen molar-refractivity contribution in [2.75, 3.05) is 50.9 Å². The molecule has 9 nitrogen and oxygen atoms in total. The van der Waals surface area contributed by atoms with Crippen LogP contribution < -0.4 is 10.6 Å². The Morgan fingerprint density at radius 2 is 1.70 bits per heavy atom. The van der Waals surface area contributed by atoms with Gasteiger partial charge in [0, 0.05) is 59.2 Å². The van der Waals surface area contributed by atoms with Crippen LogP contribution in [0.1, 0.15) is 11.5 Å². The van der Waals surface area contributed by atoms with Crippen molar-refractivity contribution in [3.63, 3.8) is 0 Å². The molecule has 1 aliphatic rings. The van der Waals surface area contributed by atoms with Gasteiger partial charge in [0.05, 0.1) is 12.2 Å². The molecule has 0 aliphatic carbocycles. The number of nitrogen functional groups attached to an aromatic ring is 1. The number of nitrogens with two attached hydrogens (primary N) is 1. The van der Waals surface area contributed by atoms with Crippen LogP contribution in [-0.2, 0) is 13.1 Å². The molecule has 0 atom stereocenters. The number of hydrogen-bond acceptors (Lipinski definition) is 8. The molecule has 0 aromatic carbocycles. The summed E-state index contributed by atoms with van der Waals surface area (Å²) in [5.74, 6) is 1.59. The first-order valence-corrected chi connectivity index (χ1v) is 9.12. The molecule has 1 fully saturated rings. The predicted molar refractivity (Wildman–Crippen MR) is 104 cm³/mol. The fourth-order valence-corrected chi connectivity index (χ4v) is 3.29. The van der Waals surface area contributed by atoms with Gasteiger partial charge in [-0.25, -0.2) is 4.98 Å². The van der Waals surface area contributed by atoms with Crippen LogP contribution >= 0.6 is 0 Å². The van der Waals surface area contributed by atoms with Gasteiger partial charge < -0.3 is 15.0 Å². The van der Waals surface area contributed by atoms with Crippen LogP contribution in [0.15, 0.2) is 30.6 Å². The lowest BCUT2D eigenvalue weighted by atomic mass is 10.3. The molecule has 0 amide bonds. The van der Waals surface area contributed by atoms with Crippen molar-refractivity contribution in [3.05, 3.63) is 42.1 Å². The average molecular weight is 367 g/mol. The van der Waals surface area contributed by atoms with Crippen LogP contribution in [0.25, 0.3) is 5.65 Å². The molecular formula is C18H25N9. The zero-order valence-corrected chi connectivity index (χ0v) is 15.8. The van der Waals surface area contributed by atoms with E-state index in [9.17, 15) is 0 Å². The van der Waals surface area contributed by atoms with Crippen LogP contribution in [0.5, 0.6) is 0 Å². The minimum Gasteiger partial charge on any atom is -0.368 e. The van der Waals surface area contributed by atoms with Crippen molar-refractivity contribution in [2.45, 2.75) is 13.1 Å². The lowest BCUT2D eigenvalue weighted by Crippen LogP contribution is -2.45. The van der Waals surface area contributed by atoms with Gasteiger partial charge in [-0.2, -0.15) is 15.0 Å². The molecule has 0 spiro atoms. The lowest BCUT2D eigenvalue weighted by molar-refractivity contribution is 0.119. The van der Waals surface area contributed by atoms with E-state index < -0.39 is 0 Å². The summed E-state index contributed by atoms with van der Waals surface area (Å²) in [6, 6.07) is 6.07. The molecule has 1 aliphatic heterocycles. The number of imidazole rings is 1. The van der Waals surface area contributed by atoms with Gasteiger partial charge in [0.25, 0.3) is 0 Å². The van der Waals surface area contributed by atoms with Crippen molar-refractivity contribution in [1.82, 2.24) is 34.1 Å². The van der Waals surface area contributed by atoms with Crippen LogP contribution in [0.3, 0.4) is 0 Å². The topological polar surface area (TPSA) is 91.7 Å². The van der Waals surface area contributed by atoms with Gasteiger partial charge in [-0.1, -0.05) is 6.07 Å². The fourth-order valence-electron chi connectivity index (χ4n) is 3.29. The molecule has 4 rings (SSSR count). The Balaban J connectivity index is 1.33. The van der Waals surface area contributed by atoms with Crippen molar-refractivity contribution in [1.29, 1.82) is 0 Å². The van der Waals surface area contributed by atoms with Gasteiger partial charge in [-0.05, 0) is 12.1 Å². The Morgan fingerprint density at radius 1 is 0.963 bits per heavy atom. The highest BCUT2D eigenvalue weighted by molar-refractivity contribution is 5.39. The zero-order chi connectivity index (χ0) is 18.8. The summed E-state index contributed by atoms with van der Waals surface area (Å²) >= 11 is 0. The van der Waals surface area contributed by atoms with Crippen LogP contribution in [0, 0.1) is 0 Å². The molecule has 3 aromatic rings. The number of rotatable bonds is 5. The van der Waals surface area contributed by atoms with E-state index in [1.165, 1.54) is 0 Å². The predicted octanol–water partition coefficient (Wildman–Crippen LogP) is 0.485. The Labute approximate surface area is 158 Å². The Hall–Kier alpha value is -2.78. The second-order valence-electron chi connectivity index (χ2n) is 7.05. The van der Waals surface area contributed by atoms with E-state index in [0.29, 0.717) is 12.5 Å². The molecule has 27 heavy (non-hydrogen) atoms. The Morgan fingerprint density at radius 3 is 2.41 bits per heavy atom. The van der Waals surface area contributed by atoms with Crippen molar-refractivity contribution >= 4 is 17.5 Å². The maximum atomic E-state index is 5.82. The van der Waals surface area contributed by atoms with E-state index >= 15 is 0 Å². The molecule has 0 radical (unpaired) electrons. The summed E-state index contributed by atoms with van der Waals surface area (Å²) in [5.41, 5.74) is 7.92. The molecule has 0 bridgehead atoms. The Bertz CT molecular complexity index is 879. The monoisotopic (exact) mass is 367 g/mol. The van der Waals surface area contributed by atoms with Crippen LogP contribution in [0.2, 0.25) is 0 Å². The third-order valence-electron chi connectivity index (χ3n) is 4.72. The van der Waals surface area contributed by atoms with Gasteiger partial charge in [-0.3, -0.25) is 9.80 Å². The molecule has 3 aromatic heterocycles. The second kappa shape index (κ2) is 7.45. The number of aromatic nitrogens is 5. The zero-order valence-electron chi connectivity index (χ0n) is 15.8. The first kappa shape index (κ1) is 17.6. The SMILES string of the molecule is CN(C)c1nc(N)nc(CN2CCN(Cc3cn4ccccc4n3)CC2)n1. The Kier molecular flexibility index (Phi) is 4.87. The molecular weight excluding hydrogens is 342 g/mol. The molecule has 9 heteroatoms. The smallest absolute Gasteiger partial charge is 0.229 e. The maximum absolute atomic E-state index is 5.82. The van der Waals surface area contributed by atoms with Gasteiger partial charge in [0.1, 0.15) is 11.5 Å². The van der Waals surface area contributed by atoms with Crippen LogP contribution in [0.4, 0.5) is 11.9 Å². The van der Waals surface area contributed by atoms with Gasteiger partial charge in [0.2, 0.25) is 11.9 Å². The largest absolute Gasteiger partial charge is 0.368 e. The molecule has 0 saturated carbocycles. The minimum absolute atomic E-state index is 0.272. The molecule has 1 saturated heterocycles. The van der Waals surface area contributed by atoms with E-state index in [1.54, 1.807) is 0 Å². The van der Waals surface area contributed by atoms with Gasteiger partial charge in [0.15, 0.2) is 0 Å². The lowest BCUT2D eigenvalue weighted by Gasteiger charge is -2.33. The highest BCUT2D eigenvalue weighted by Gasteiger charge is 2.19. The summed E-state index contributed by atoms with van der Waals surface area (Å²) in [6.07, 6.45) is 4.14. The van der Waals surface area contributed by atoms with E-state index in [-0.39, 0.29) is 5.95 Å². The van der Waals surface area contributed by atoms with E-state index in [4.69, 9.17) is 10.7 Å². The number of nitrogens with zero attached hydrogens (tertiary/aromatic N) is 8. The van der Waals surface area contributed by atoms with Gasteiger partial charge in [-0.15, -0.1) is 0 Å². The van der Waals surface area contributed by atoms with Gasteiger partial charge >= 0.3 is 0 Å². The number of anilines is 2. The third kappa shape index (κ3) is 4.15. The quantitative estimate of drug-likeness (QED) is 0.696. The highest BCUT2D eigenvalue weighted by atomic mass is 15.3. The maximum Gasteiger partial charge on any atom is 0.229 e. The number of fused-ring (bicyclic) bond motifs is 1. The summed E-state index contributed by atoms with van der Waals surface area (Å²) < 4.78 is 2.07.